The summed E-state index contributed by atoms with van der Waals surface area (Å²) in [5.74, 6) is -4.39. The Morgan fingerprint density at radius 2 is 1.47 bits per heavy atom. The smallest absolute Gasteiger partial charge is 0.314 e. The van der Waals surface area contributed by atoms with Gasteiger partial charge in [-0.25, -0.2) is 4.39 Å². The number of benzene rings is 3. The lowest BCUT2D eigenvalue weighted by Crippen LogP contribution is -2.25. The van der Waals surface area contributed by atoms with Crippen LogP contribution in [0.1, 0.15) is 62.0 Å². The Balaban J connectivity index is 1.88. The summed E-state index contributed by atoms with van der Waals surface area (Å²) in [4.78, 5) is 51.1. The van der Waals surface area contributed by atoms with Crippen molar-refractivity contribution in [1.82, 2.24) is 4.57 Å². The number of anilines is 1. The van der Waals surface area contributed by atoms with Crippen LogP contribution < -0.4 is 5.32 Å². The van der Waals surface area contributed by atoms with Crippen LogP contribution in [0, 0.1) is 11.7 Å². The molecule has 0 radical (unpaired) electrons. The number of carboxylic acid groups (broad SMARTS) is 1. The number of ketones is 2. The zero-order valence-electron chi connectivity index (χ0n) is 24.5. The standard InChI is InChI=1S/C35H35FN2O5/c1-4-28(35(42)43)29(40)21-27(39)19-20-38-32(22(2)3)31(34(41)37-26-13-9-6-10-14-26)30(23-11-7-5-8-12-23)33(38)24-15-17-25(36)18-16-24/h5-18,22,28H,4,19-21H2,1-3H3,(H,37,41)(H,42,43). The fraction of sp³-hybridized carbons (Fsp3) is 0.257. The van der Waals surface area contributed by atoms with Gasteiger partial charge in [-0.2, -0.15) is 0 Å². The zero-order chi connectivity index (χ0) is 31.1. The van der Waals surface area contributed by atoms with E-state index in [1.54, 1.807) is 31.2 Å². The summed E-state index contributed by atoms with van der Waals surface area (Å²) in [5.41, 5.74) is 4.45. The first kappa shape index (κ1) is 31.1. The first-order chi connectivity index (χ1) is 20.6. The van der Waals surface area contributed by atoms with E-state index in [-0.39, 0.29) is 31.2 Å². The van der Waals surface area contributed by atoms with Crippen molar-refractivity contribution in [3.05, 3.63) is 102 Å². The lowest BCUT2D eigenvalue weighted by molar-refractivity contribution is -0.146. The van der Waals surface area contributed by atoms with Gasteiger partial charge in [0, 0.05) is 29.9 Å². The third-order valence-electron chi connectivity index (χ3n) is 7.37. The molecule has 1 unspecified atom stereocenters. The summed E-state index contributed by atoms with van der Waals surface area (Å²) < 4.78 is 16.0. The minimum absolute atomic E-state index is 0.0572. The molecule has 1 amide bonds. The molecule has 0 aliphatic heterocycles. The van der Waals surface area contributed by atoms with E-state index in [1.165, 1.54) is 12.1 Å². The largest absolute Gasteiger partial charge is 0.481 e. The van der Waals surface area contributed by atoms with Crippen LogP contribution in [0.4, 0.5) is 10.1 Å². The van der Waals surface area contributed by atoms with Gasteiger partial charge in [0.05, 0.1) is 17.7 Å². The van der Waals surface area contributed by atoms with E-state index in [0.29, 0.717) is 33.8 Å². The maximum atomic E-state index is 14.1. The molecule has 222 valence electrons. The topological polar surface area (TPSA) is 105 Å². The molecule has 0 fully saturated rings. The molecule has 1 heterocycles. The van der Waals surface area contributed by atoms with Crippen molar-refractivity contribution in [3.63, 3.8) is 0 Å². The number of hydrogen-bond donors (Lipinski definition) is 2. The van der Waals surface area contributed by atoms with Gasteiger partial charge >= 0.3 is 5.97 Å². The van der Waals surface area contributed by atoms with Gasteiger partial charge in [-0.15, -0.1) is 0 Å². The molecule has 4 aromatic rings. The number of halogens is 1. The molecule has 0 aliphatic carbocycles. The highest BCUT2D eigenvalue weighted by Crippen LogP contribution is 2.42. The molecular weight excluding hydrogens is 547 g/mol. The summed E-state index contributed by atoms with van der Waals surface area (Å²) in [5, 5.41) is 12.3. The van der Waals surface area contributed by atoms with Crippen LogP contribution in [0.3, 0.4) is 0 Å². The van der Waals surface area contributed by atoms with Crippen molar-refractivity contribution in [1.29, 1.82) is 0 Å². The molecule has 1 atom stereocenters. The van der Waals surface area contributed by atoms with Crippen molar-refractivity contribution in [3.8, 4) is 22.4 Å². The monoisotopic (exact) mass is 582 g/mol. The van der Waals surface area contributed by atoms with Crippen molar-refractivity contribution < 1.29 is 28.7 Å². The van der Waals surface area contributed by atoms with E-state index in [2.05, 4.69) is 5.32 Å². The lowest BCUT2D eigenvalue weighted by Gasteiger charge is -2.17. The fourth-order valence-corrected chi connectivity index (χ4v) is 5.39. The number of nitrogens with zero attached hydrogens (tertiary/aromatic N) is 1. The van der Waals surface area contributed by atoms with Gasteiger partial charge < -0.3 is 15.0 Å². The van der Waals surface area contributed by atoms with Crippen LogP contribution in [-0.4, -0.2) is 33.1 Å². The van der Waals surface area contributed by atoms with Crippen LogP contribution in [-0.2, 0) is 20.9 Å². The number of aromatic nitrogens is 1. The number of aliphatic carboxylic acids is 1. The van der Waals surface area contributed by atoms with Gasteiger partial charge in [0.25, 0.3) is 5.91 Å². The quantitative estimate of drug-likeness (QED) is 0.160. The van der Waals surface area contributed by atoms with Crippen LogP contribution in [0.5, 0.6) is 0 Å². The van der Waals surface area contributed by atoms with Gasteiger partial charge in [0.2, 0.25) is 0 Å². The van der Waals surface area contributed by atoms with E-state index in [0.717, 1.165) is 5.56 Å². The Labute approximate surface area is 250 Å². The number of hydrogen-bond acceptors (Lipinski definition) is 4. The minimum Gasteiger partial charge on any atom is -0.481 e. The second-order valence-electron chi connectivity index (χ2n) is 10.7. The second kappa shape index (κ2) is 13.9. The number of Topliss-reactive ketones (excluding diaryl/α,β-unsaturated/α-hetero) is 2. The van der Waals surface area contributed by atoms with Crippen molar-refractivity contribution in [2.24, 2.45) is 5.92 Å². The number of carboxylic acids is 1. The summed E-state index contributed by atoms with van der Waals surface area (Å²) in [7, 11) is 0. The molecule has 3 aromatic carbocycles. The van der Waals surface area contributed by atoms with Gasteiger partial charge in [0.15, 0.2) is 5.78 Å². The highest BCUT2D eigenvalue weighted by molar-refractivity contribution is 6.12. The van der Waals surface area contributed by atoms with Crippen LogP contribution in [0.25, 0.3) is 22.4 Å². The minimum atomic E-state index is -1.24. The summed E-state index contributed by atoms with van der Waals surface area (Å²) in [6.07, 6.45) is -0.439. The van der Waals surface area contributed by atoms with Gasteiger partial charge in [0.1, 0.15) is 17.5 Å². The average Bonchev–Trinajstić information content (AvgIpc) is 3.33. The molecule has 7 nitrogen and oxygen atoms in total. The molecule has 8 heteroatoms. The highest BCUT2D eigenvalue weighted by atomic mass is 19.1. The Kier molecular flexibility index (Phi) is 10.0. The van der Waals surface area contributed by atoms with Crippen LogP contribution in [0.15, 0.2) is 84.9 Å². The van der Waals surface area contributed by atoms with E-state index in [9.17, 15) is 28.7 Å². The predicted molar refractivity (Wildman–Crippen MR) is 164 cm³/mol. The number of nitrogens with one attached hydrogen (secondary N) is 1. The van der Waals surface area contributed by atoms with E-state index >= 15 is 0 Å². The Morgan fingerprint density at radius 1 is 0.860 bits per heavy atom. The van der Waals surface area contributed by atoms with Crippen LogP contribution in [0.2, 0.25) is 0 Å². The van der Waals surface area contributed by atoms with Gasteiger partial charge in [-0.05, 0) is 59.9 Å². The molecule has 0 aliphatic rings. The van der Waals surface area contributed by atoms with E-state index in [4.69, 9.17) is 0 Å². The molecule has 0 bridgehead atoms. The number of carbonyl (C=O) groups is 4. The maximum absolute atomic E-state index is 14.1. The summed E-state index contributed by atoms with van der Waals surface area (Å²) >= 11 is 0. The van der Waals surface area contributed by atoms with E-state index < -0.39 is 35.7 Å². The molecule has 0 spiro atoms. The van der Waals surface area contributed by atoms with Crippen molar-refractivity contribution >= 4 is 29.1 Å². The Hall–Kier alpha value is -4.85. The summed E-state index contributed by atoms with van der Waals surface area (Å²) in [6.45, 7) is 5.64. The van der Waals surface area contributed by atoms with Crippen molar-refractivity contribution in [2.75, 3.05) is 5.32 Å². The number of amides is 1. The second-order valence-corrected chi connectivity index (χ2v) is 10.7. The molecule has 0 saturated carbocycles. The van der Waals surface area contributed by atoms with E-state index in [1.807, 2.05) is 66.9 Å². The third kappa shape index (κ3) is 7.15. The highest BCUT2D eigenvalue weighted by Gasteiger charge is 2.31. The maximum Gasteiger partial charge on any atom is 0.314 e. The SMILES string of the molecule is CCC(C(=O)O)C(=O)CC(=O)CCn1c(-c2ccc(F)cc2)c(-c2ccccc2)c(C(=O)Nc2ccccc2)c1C(C)C. The third-order valence-corrected chi connectivity index (χ3v) is 7.37. The average molecular weight is 583 g/mol. The van der Waals surface area contributed by atoms with Gasteiger partial charge in [-0.3, -0.25) is 19.2 Å². The van der Waals surface area contributed by atoms with Crippen molar-refractivity contribution in [2.45, 2.75) is 52.5 Å². The molecule has 1 aromatic heterocycles. The number of carbonyl (C=O) groups excluding carboxylic acids is 3. The first-order valence-electron chi connectivity index (χ1n) is 14.3. The lowest BCUT2D eigenvalue weighted by atomic mass is 9.94. The molecule has 4 rings (SSSR count). The Morgan fingerprint density at radius 3 is 2.02 bits per heavy atom. The molecule has 0 saturated heterocycles. The van der Waals surface area contributed by atoms with Gasteiger partial charge in [-0.1, -0.05) is 69.3 Å². The fourth-order valence-electron chi connectivity index (χ4n) is 5.39. The Bertz CT molecular complexity index is 1610. The molecule has 43 heavy (non-hydrogen) atoms. The summed E-state index contributed by atoms with van der Waals surface area (Å²) in [6, 6.07) is 24.5. The molecule has 2 N–H and O–H groups in total. The number of rotatable bonds is 13. The van der Waals surface area contributed by atoms with Crippen LogP contribution >= 0.6 is 0 Å². The normalized spacial score (nSPS) is 11.7. The zero-order valence-corrected chi connectivity index (χ0v) is 24.5. The predicted octanol–water partition coefficient (Wildman–Crippen LogP) is 7.37. The first-order valence-corrected chi connectivity index (χ1v) is 14.3. The number of para-hydroxylation sites is 1. The molecular formula is C35H35FN2O5.